The van der Waals surface area contributed by atoms with Crippen LogP contribution in [0.25, 0.3) is 0 Å². The first-order valence-corrected chi connectivity index (χ1v) is 7.95. The van der Waals surface area contributed by atoms with Crippen LogP contribution in [0, 0.1) is 5.92 Å². The Kier molecular flexibility index (Phi) is 8.01. The van der Waals surface area contributed by atoms with E-state index in [1.54, 1.807) is 12.1 Å². The zero-order valence-electron chi connectivity index (χ0n) is 12.9. The Labute approximate surface area is 123 Å². The molecule has 0 saturated carbocycles. The van der Waals surface area contributed by atoms with Crippen LogP contribution in [0.15, 0.2) is 24.3 Å². The van der Waals surface area contributed by atoms with Gasteiger partial charge in [-0.05, 0) is 36.5 Å². The minimum Gasteiger partial charge on any atom is -0.478 e. The number of rotatable bonds is 10. The lowest BCUT2D eigenvalue weighted by Crippen LogP contribution is -1.96. The molecule has 1 N–H and O–H groups in total. The summed E-state index contributed by atoms with van der Waals surface area (Å²) in [4.78, 5) is 10.7. The van der Waals surface area contributed by atoms with E-state index in [0.29, 0.717) is 5.56 Å². The van der Waals surface area contributed by atoms with Gasteiger partial charge in [0, 0.05) is 0 Å². The number of aryl methyl sites for hydroxylation is 1. The van der Waals surface area contributed by atoms with Gasteiger partial charge in [0.25, 0.3) is 0 Å². The third kappa shape index (κ3) is 6.74. The normalized spacial score (nSPS) is 12.3. The van der Waals surface area contributed by atoms with Gasteiger partial charge in [0.1, 0.15) is 0 Å². The molecule has 1 rings (SSSR count). The standard InChI is InChI=1S/C18H28O2/c1-3-8-15(2)9-6-4-5-7-10-16-11-13-17(14-12-16)18(19)20/h11-15H,3-10H2,1-2H3,(H,19,20). The molecule has 0 bridgehead atoms. The molecule has 112 valence electrons. The first kappa shape index (κ1) is 16.7. The van der Waals surface area contributed by atoms with E-state index < -0.39 is 5.97 Å². The van der Waals surface area contributed by atoms with Crippen molar-refractivity contribution < 1.29 is 9.90 Å². The number of benzene rings is 1. The van der Waals surface area contributed by atoms with Crippen LogP contribution in [-0.4, -0.2) is 11.1 Å². The molecule has 0 heterocycles. The van der Waals surface area contributed by atoms with Crippen molar-refractivity contribution in [2.45, 2.75) is 65.2 Å². The van der Waals surface area contributed by atoms with Crippen LogP contribution in [0.4, 0.5) is 0 Å². The van der Waals surface area contributed by atoms with Gasteiger partial charge in [0.2, 0.25) is 0 Å². The maximum atomic E-state index is 10.7. The van der Waals surface area contributed by atoms with Gasteiger partial charge in [0.05, 0.1) is 5.56 Å². The second kappa shape index (κ2) is 9.57. The molecular weight excluding hydrogens is 248 g/mol. The molecule has 0 aromatic heterocycles. The van der Waals surface area contributed by atoms with E-state index in [2.05, 4.69) is 13.8 Å². The predicted molar refractivity (Wildman–Crippen MR) is 84.3 cm³/mol. The summed E-state index contributed by atoms with van der Waals surface area (Å²) in [6.07, 6.45) is 10.2. The monoisotopic (exact) mass is 276 g/mol. The van der Waals surface area contributed by atoms with Crippen molar-refractivity contribution in [3.8, 4) is 0 Å². The molecule has 0 aliphatic rings. The average molecular weight is 276 g/mol. The molecule has 2 nitrogen and oxygen atoms in total. The first-order valence-electron chi connectivity index (χ1n) is 7.95. The summed E-state index contributed by atoms with van der Waals surface area (Å²) in [5.41, 5.74) is 1.62. The Bertz CT molecular complexity index is 381. The molecule has 0 fully saturated rings. The summed E-state index contributed by atoms with van der Waals surface area (Å²) in [6.45, 7) is 4.61. The number of hydrogen-bond acceptors (Lipinski definition) is 1. The van der Waals surface area contributed by atoms with Gasteiger partial charge < -0.3 is 5.11 Å². The minimum atomic E-state index is -0.849. The molecule has 0 saturated heterocycles. The molecule has 0 spiro atoms. The number of carboxylic acids is 1. The van der Waals surface area contributed by atoms with Crippen LogP contribution in [0.3, 0.4) is 0 Å². The van der Waals surface area contributed by atoms with Crippen LogP contribution >= 0.6 is 0 Å². The second-order valence-electron chi connectivity index (χ2n) is 5.85. The molecular formula is C18H28O2. The highest BCUT2D eigenvalue weighted by molar-refractivity contribution is 5.87. The summed E-state index contributed by atoms with van der Waals surface area (Å²) >= 11 is 0. The van der Waals surface area contributed by atoms with Crippen molar-refractivity contribution in [3.05, 3.63) is 35.4 Å². The lowest BCUT2D eigenvalue weighted by Gasteiger charge is -2.09. The molecule has 0 aliphatic heterocycles. The van der Waals surface area contributed by atoms with Crippen LogP contribution < -0.4 is 0 Å². The highest BCUT2D eigenvalue weighted by atomic mass is 16.4. The molecule has 1 atom stereocenters. The van der Waals surface area contributed by atoms with E-state index in [9.17, 15) is 4.79 Å². The minimum absolute atomic E-state index is 0.374. The fourth-order valence-electron chi connectivity index (χ4n) is 2.63. The summed E-state index contributed by atoms with van der Waals surface area (Å²) < 4.78 is 0. The Morgan fingerprint density at radius 2 is 1.70 bits per heavy atom. The number of carbonyl (C=O) groups is 1. The van der Waals surface area contributed by atoms with Crippen LogP contribution in [-0.2, 0) is 6.42 Å². The smallest absolute Gasteiger partial charge is 0.335 e. The van der Waals surface area contributed by atoms with Gasteiger partial charge in [-0.15, -0.1) is 0 Å². The zero-order valence-corrected chi connectivity index (χ0v) is 12.9. The van der Waals surface area contributed by atoms with Crippen molar-refractivity contribution in [1.82, 2.24) is 0 Å². The Morgan fingerprint density at radius 1 is 1.05 bits per heavy atom. The van der Waals surface area contributed by atoms with Crippen molar-refractivity contribution >= 4 is 5.97 Å². The molecule has 1 unspecified atom stereocenters. The first-order chi connectivity index (χ1) is 9.63. The van der Waals surface area contributed by atoms with E-state index in [1.165, 1.54) is 50.5 Å². The highest BCUT2D eigenvalue weighted by Gasteiger charge is 2.02. The van der Waals surface area contributed by atoms with E-state index in [0.717, 1.165) is 12.3 Å². The molecule has 1 aromatic carbocycles. The van der Waals surface area contributed by atoms with Crippen molar-refractivity contribution in [2.75, 3.05) is 0 Å². The van der Waals surface area contributed by atoms with Gasteiger partial charge in [-0.25, -0.2) is 4.79 Å². The quantitative estimate of drug-likeness (QED) is 0.588. The summed E-state index contributed by atoms with van der Waals surface area (Å²) in [5.74, 6) is 0.0290. The number of hydrogen-bond donors (Lipinski definition) is 1. The molecule has 0 amide bonds. The van der Waals surface area contributed by atoms with Gasteiger partial charge in [-0.2, -0.15) is 0 Å². The fraction of sp³-hybridized carbons (Fsp3) is 0.611. The number of aromatic carboxylic acids is 1. The van der Waals surface area contributed by atoms with Crippen LogP contribution in [0.2, 0.25) is 0 Å². The molecule has 1 aromatic rings. The molecule has 0 radical (unpaired) electrons. The summed E-state index contributed by atoms with van der Waals surface area (Å²) in [7, 11) is 0. The Morgan fingerprint density at radius 3 is 2.30 bits per heavy atom. The van der Waals surface area contributed by atoms with Crippen molar-refractivity contribution in [1.29, 1.82) is 0 Å². The summed E-state index contributed by atoms with van der Waals surface area (Å²) in [6, 6.07) is 7.27. The molecule has 2 heteroatoms. The molecule has 20 heavy (non-hydrogen) atoms. The molecule has 0 aliphatic carbocycles. The summed E-state index contributed by atoms with van der Waals surface area (Å²) in [5, 5.41) is 8.83. The van der Waals surface area contributed by atoms with Crippen LogP contribution in [0.1, 0.15) is 74.7 Å². The topological polar surface area (TPSA) is 37.3 Å². The number of carboxylic acid groups (broad SMARTS) is 1. The zero-order chi connectivity index (χ0) is 14.8. The third-order valence-electron chi connectivity index (χ3n) is 3.89. The van der Waals surface area contributed by atoms with E-state index in [1.807, 2.05) is 12.1 Å². The van der Waals surface area contributed by atoms with Crippen molar-refractivity contribution in [2.24, 2.45) is 5.92 Å². The Hall–Kier alpha value is -1.31. The van der Waals surface area contributed by atoms with Gasteiger partial charge >= 0.3 is 5.97 Å². The average Bonchev–Trinajstić information content (AvgIpc) is 2.43. The third-order valence-corrected chi connectivity index (χ3v) is 3.89. The SMILES string of the molecule is CCCC(C)CCCCCCc1ccc(C(=O)O)cc1. The number of unbranched alkanes of at least 4 members (excludes halogenated alkanes) is 3. The van der Waals surface area contributed by atoms with Gasteiger partial charge in [0.15, 0.2) is 0 Å². The second-order valence-corrected chi connectivity index (χ2v) is 5.85. The maximum absolute atomic E-state index is 10.7. The maximum Gasteiger partial charge on any atom is 0.335 e. The van der Waals surface area contributed by atoms with E-state index in [4.69, 9.17) is 5.11 Å². The predicted octanol–water partition coefficient (Wildman–Crippen LogP) is 5.31. The largest absolute Gasteiger partial charge is 0.478 e. The highest BCUT2D eigenvalue weighted by Crippen LogP contribution is 2.16. The lowest BCUT2D eigenvalue weighted by atomic mass is 9.97. The lowest BCUT2D eigenvalue weighted by molar-refractivity contribution is 0.0697. The van der Waals surface area contributed by atoms with Gasteiger partial charge in [-0.1, -0.05) is 64.5 Å². The van der Waals surface area contributed by atoms with E-state index in [-0.39, 0.29) is 0 Å². The Balaban J connectivity index is 2.10. The van der Waals surface area contributed by atoms with Crippen LogP contribution in [0.5, 0.6) is 0 Å². The van der Waals surface area contributed by atoms with Crippen molar-refractivity contribution in [3.63, 3.8) is 0 Å². The van der Waals surface area contributed by atoms with E-state index >= 15 is 0 Å². The fourth-order valence-corrected chi connectivity index (χ4v) is 2.63. The van der Waals surface area contributed by atoms with Gasteiger partial charge in [-0.3, -0.25) is 0 Å².